The lowest BCUT2D eigenvalue weighted by Gasteiger charge is -2.07. The van der Waals surface area contributed by atoms with Crippen LogP contribution >= 0.6 is 0 Å². The number of hydrogen-bond donors (Lipinski definition) is 0. The van der Waals surface area contributed by atoms with Gasteiger partial charge < -0.3 is 0 Å². The molecular weight excluding hydrogens is 252 g/mol. The summed E-state index contributed by atoms with van der Waals surface area (Å²) < 4.78 is 0. The summed E-state index contributed by atoms with van der Waals surface area (Å²) in [5.41, 5.74) is 7.20. The molecule has 0 bridgehead atoms. The van der Waals surface area contributed by atoms with Crippen LogP contribution in [0.2, 0.25) is 0 Å². The molecule has 0 atom stereocenters. The number of allylic oxidation sites excluding steroid dienone is 3. The minimum absolute atomic E-state index is 0.869. The lowest BCUT2D eigenvalue weighted by Crippen LogP contribution is -1.90. The monoisotopic (exact) mass is 274 g/mol. The van der Waals surface area contributed by atoms with Gasteiger partial charge in [0.25, 0.3) is 0 Å². The van der Waals surface area contributed by atoms with Crippen LogP contribution in [0.3, 0.4) is 0 Å². The first kappa shape index (κ1) is 15.1. The molecule has 106 valence electrons. The van der Waals surface area contributed by atoms with Crippen LogP contribution in [0.15, 0.2) is 85.5 Å². The molecule has 0 heterocycles. The topological polar surface area (TPSA) is 0 Å². The first-order valence-corrected chi connectivity index (χ1v) is 7.23. The van der Waals surface area contributed by atoms with Crippen LogP contribution in [-0.2, 0) is 12.8 Å². The number of benzene rings is 2. The molecule has 0 unspecified atom stereocenters. The molecule has 0 fully saturated rings. The van der Waals surface area contributed by atoms with Gasteiger partial charge in [-0.05, 0) is 47.6 Å². The summed E-state index contributed by atoms with van der Waals surface area (Å²) >= 11 is 0. The van der Waals surface area contributed by atoms with Crippen LogP contribution in [0.5, 0.6) is 0 Å². The van der Waals surface area contributed by atoms with Gasteiger partial charge in [0, 0.05) is 0 Å². The SMILES string of the molecule is C=CCc1ccc(-c2ccc(CC(=C)C(=C)C)cc2)cc1. The zero-order valence-corrected chi connectivity index (χ0v) is 12.7. The highest BCUT2D eigenvalue weighted by molar-refractivity contribution is 5.64. The molecule has 0 radical (unpaired) electrons. The maximum absolute atomic E-state index is 4.05. The molecule has 0 aliphatic heterocycles. The Bertz CT molecular complexity index is 639. The van der Waals surface area contributed by atoms with Crippen molar-refractivity contribution >= 4 is 0 Å². The van der Waals surface area contributed by atoms with E-state index in [4.69, 9.17) is 0 Å². The largest absolute Gasteiger partial charge is 0.103 e. The summed E-state index contributed by atoms with van der Waals surface area (Å²) in [5.74, 6) is 0. The second kappa shape index (κ2) is 6.90. The average molecular weight is 274 g/mol. The smallest absolute Gasteiger partial charge is 0.00292 e. The van der Waals surface area contributed by atoms with E-state index in [1.807, 2.05) is 13.0 Å². The van der Waals surface area contributed by atoms with Crippen molar-refractivity contribution in [2.75, 3.05) is 0 Å². The zero-order valence-electron chi connectivity index (χ0n) is 12.7. The van der Waals surface area contributed by atoms with E-state index in [1.54, 1.807) is 0 Å². The Labute approximate surface area is 128 Å². The van der Waals surface area contributed by atoms with Gasteiger partial charge in [-0.3, -0.25) is 0 Å². The third-order valence-electron chi connectivity index (χ3n) is 3.64. The molecule has 0 aliphatic rings. The Morgan fingerprint density at radius 2 is 1.33 bits per heavy atom. The van der Waals surface area contributed by atoms with Gasteiger partial charge in [0.1, 0.15) is 0 Å². The van der Waals surface area contributed by atoms with E-state index < -0.39 is 0 Å². The van der Waals surface area contributed by atoms with E-state index in [9.17, 15) is 0 Å². The molecular formula is C21H22. The molecule has 0 spiro atoms. The van der Waals surface area contributed by atoms with Gasteiger partial charge in [-0.25, -0.2) is 0 Å². The van der Waals surface area contributed by atoms with Crippen molar-refractivity contribution in [3.63, 3.8) is 0 Å². The van der Waals surface area contributed by atoms with Crippen molar-refractivity contribution in [2.24, 2.45) is 0 Å². The molecule has 0 aliphatic carbocycles. The summed E-state index contributed by atoms with van der Waals surface area (Å²) in [6.45, 7) is 13.8. The van der Waals surface area contributed by atoms with E-state index in [0.717, 1.165) is 24.0 Å². The van der Waals surface area contributed by atoms with Crippen molar-refractivity contribution in [1.29, 1.82) is 0 Å². The molecule has 0 saturated heterocycles. The van der Waals surface area contributed by atoms with E-state index in [0.29, 0.717) is 0 Å². The summed E-state index contributed by atoms with van der Waals surface area (Å²) in [4.78, 5) is 0. The Hall–Kier alpha value is -2.34. The third kappa shape index (κ3) is 4.06. The Kier molecular flexibility index (Phi) is 4.94. The highest BCUT2D eigenvalue weighted by Crippen LogP contribution is 2.22. The van der Waals surface area contributed by atoms with Gasteiger partial charge in [-0.1, -0.05) is 73.3 Å². The van der Waals surface area contributed by atoms with E-state index >= 15 is 0 Å². The van der Waals surface area contributed by atoms with Crippen molar-refractivity contribution in [1.82, 2.24) is 0 Å². The Morgan fingerprint density at radius 3 is 1.76 bits per heavy atom. The molecule has 2 aromatic rings. The molecule has 2 rings (SSSR count). The first-order valence-electron chi connectivity index (χ1n) is 7.23. The van der Waals surface area contributed by atoms with Crippen molar-refractivity contribution < 1.29 is 0 Å². The summed E-state index contributed by atoms with van der Waals surface area (Å²) in [7, 11) is 0. The second-order valence-electron chi connectivity index (χ2n) is 5.45. The van der Waals surface area contributed by atoms with E-state index in [1.165, 1.54) is 22.3 Å². The highest BCUT2D eigenvalue weighted by atomic mass is 14.1. The van der Waals surface area contributed by atoms with Gasteiger partial charge in [0.15, 0.2) is 0 Å². The molecule has 0 amide bonds. The van der Waals surface area contributed by atoms with Crippen LogP contribution in [0.1, 0.15) is 18.1 Å². The van der Waals surface area contributed by atoms with Crippen molar-refractivity contribution in [3.8, 4) is 11.1 Å². The van der Waals surface area contributed by atoms with E-state index in [-0.39, 0.29) is 0 Å². The lowest BCUT2D eigenvalue weighted by molar-refractivity contribution is 1.16. The van der Waals surface area contributed by atoms with Crippen molar-refractivity contribution in [2.45, 2.75) is 19.8 Å². The summed E-state index contributed by atoms with van der Waals surface area (Å²) in [6, 6.07) is 17.3. The third-order valence-corrected chi connectivity index (χ3v) is 3.64. The summed E-state index contributed by atoms with van der Waals surface area (Å²) in [5, 5.41) is 0. The van der Waals surface area contributed by atoms with Gasteiger partial charge in [-0.15, -0.1) is 6.58 Å². The minimum Gasteiger partial charge on any atom is -0.103 e. The number of rotatable bonds is 6. The fourth-order valence-corrected chi connectivity index (χ4v) is 2.21. The quantitative estimate of drug-likeness (QED) is 0.464. The zero-order chi connectivity index (χ0) is 15.2. The van der Waals surface area contributed by atoms with Crippen molar-refractivity contribution in [3.05, 3.63) is 96.6 Å². The van der Waals surface area contributed by atoms with E-state index in [2.05, 4.69) is 68.3 Å². The molecule has 0 aromatic heterocycles. The molecule has 0 saturated carbocycles. The first-order chi connectivity index (χ1) is 10.1. The molecule has 2 aromatic carbocycles. The maximum Gasteiger partial charge on any atom is -0.00292 e. The maximum atomic E-state index is 4.05. The average Bonchev–Trinajstić information content (AvgIpc) is 2.49. The fraction of sp³-hybridized carbons (Fsp3) is 0.143. The van der Waals surface area contributed by atoms with Gasteiger partial charge in [0.05, 0.1) is 0 Å². The Morgan fingerprint density at radius 1 is 0.857 bits per heavy atom. The molecule has 0 N–H and O–H groups in total. The van der Waals surface area contributed by atoms with Crippen LogP contribution in [-0.4, -0.2) is 0 Å². The highest BCUT2D eigenvalue weighted by Gasteiger charge is 2.01. The van der Waals surface area contributed by atoms with Crippen LogP contribution in [0.25, 0.3) is 11.1 Å². The lowest BCUT2D eigenvalue weighted by atomic mass is 9.98. The molecule has 0 heteroatoms. The van der Waals surface area contributed by atoms with Crippen LogP contribution < -0.4 is 0 Å². The fourth-order valence-electron chi connectivity index (χ4n) is 2.21. The molecule has 21 heavy (non-hydrogen) atoms. The van der Waals surface area contributed by atoms with Gasteiger partial charge in [-0.2, -0.15) is 0 Å². The number of hydrogen-bond acceptors (Lipinski definition) is 0. The minimum atomic E-state index is 0.869. The van der Waals surface area contributed by atoms with Crippen LogP contribution in [0.4, 0.5) is 0 Å². The standard InChI is InChI=1S/C21H22/c1-5-6-18-7-11-20(12-8-18)21-13-9-19(10-14-21)15-17(4)16(2)3/h5,7-14H,1-2,4,6,15H2,3H3. The van der Waals surface area contributed by atoms with Crippen LogP contribution in [0, 0.1) is 0 Å². The summed E-state index contributed by atoms with van der Waals surface area (Å²) in [6.07, 6.45) is 3.72. The van der Waals surface area contributed by atoms with Gasteiger partial charge in [0.2, 0.25) is 0 Å². The predicted octanol–water partition coefficient (Wildman–Crippen LogP) is 5.76. The predicted molar refractivity (Wildman–Crippen MR) is 93.4 cm³/mol. The Balaban J connectivity index is 2.13. The second-order valence-corrected chi connectivity index (χ2v) is 5.45. The molecule has 0 nitrogen and oxygen atoms in total. The normalized spacial score (nSPS) is 10.1. The van der Waals surface area contributed by atoms with Gasteiger partial charge >= 0.3 is 0 Å².